The fourth-order valence-electron chi connectivity index (χ4n) is 9.57. The number of fused-ring (bicyclic) bond motifs is 12. The molecule has 10 aromatic carbocycles. The lowest BCUT2D eigenvalue weighted by molar-refractivity contribution is 0.669. The van der Waals surface area contributed by atoms with Gasteiger partial charge in [0, 0.05) is 43.6 Å². The van der Waals surface area contributed by atoms with Crippen LogP contribution in [-0.4, -0.2) is 19.5 Å². The van der Waals surface area contributed by atoms with E-state index in [1.807, 2.05) is 72.8 Å². The lowest BCUT2D eigenvalue weighted by Crippen LogP contribution is -2.00. The Morgan fingerprint density at radius 1 is 0.290 bits per heavy atom. The van der Waals surface area contributed by atoms with Crippen molar-refractivity contribution in [3.8, 4) is 51.0 Å². The highest BCUT2D eigenvalue weighted by atomic mass is 16.3. The number of nitrogens with zero attached hydrogens (tertiary/aromatic N) is 4. The molecule has 13 aromatic rings. The van der Waals surface area contributed by atoms with Gasteiger partial charge >= 0.3 is 0 Å². The summed E-state index contributed by atoms with van der Waals surface area (Å²) in [5, 5.41) is 11.8. The molecule has 0 amide bonds. The maximum Gasteiger partial charge on any atom is 0.164 e. The van der Waals surface area contributed by atoms with E-state index in [2.05, 4.69) is 138 Å². The van der Waals surface area contributed by atoms with Crippen LogP contribution in [0.5, 0.6) is 0 Å². The second-order valence-electron chi connectivity index (χ2n) is 15.9. The second-order valence-corrected chi connectivity index (χ2v) is 15.9. The van der Waals surface area contributed by atoms with Crippen LogP contribution < -0.4 is 0 Å². The van der Waals surface area contributed by atoms with E-state index in [0.29, 0.717) is 17.5 Å². The summed E-state index contributed by atoms with van der Waals surface area (Å²) in [4.78, 5) is 15.2. The Morgan fingerprint density at radius 2 is 0.790 bits per heavy atom. The molecule has 62 heavy (non-hydrogen) atoms. The second kappa shape index (κ2) is 13.6. The zero-order chi connectivity index (χ0) is 40.7. The molecule has 5 heteroatoms. The van der Waals surface area contributed by atoms with E-state index in [-0.39, 0.29) is 0 Å². The molecule has 0 aliphatic carbocycles. The molecule has 0 N–H and O–H groups in total. The molecule has 13 rings (SSSR count). The highest BCUT2D eigenvalue weighted by Gasteiger charge is 2.20. The van der Waals surface area contributed by atoms with Crippen molar-refractivity contribution >= 4 is 76.1 Å². The maximum atomic E-state index is 6.18. The van der Waals surface area contributed by atoms with Crippen molar-refractivity contribution < 1.29 is 4.42 Å². The number of rotatable bonds is 5. The Hall–Kier alpha value is -8.41. The van der Waals surface area contributed by atoms with E-state index in [1.54, 1.807) is 0 Å². The van der Waals surface area contributed by atoms with Gasteiger partial charge in [-0.2, -0.15) is 0 Å². The van der Waals surface area contributed by atoms with E-state index in [1.165, 1.54) is 43.3 Å². The third-order valence-electron chi connectivity index (χ3n) is 12.4. The van der Waals surface area contributed by atoms with Gasteiger partial charge in [-0.3, -0.25) is 0 Å². The summed E-state index contributed by atoms with van der Waals surface area (Å²) in [6, 6.07) is 72.9. The highest BCUT2D eigenvalue weighted by molar-refractivity contribution is 6.28. The summed E-state index contributed by atoms with van der Waals surface area (Å²) < 4.78 is 8.63. The van der Waals surface area contributed by atoms with Gasteiger partial charge in [0.15, 0.2) is 17.5 Å². The van der Waals surface area contributed by atoms with E-state index in [0.717, 1.165) is 66.3 Å². The van der Waals surface area contributed by atoms with Crippen LogP contribution in [0.2, 0.25) is 0 Å². The van der Waals surface area contributed by atoms with Crippen molar-refractivity contribution in [2.45, 2.75) is 0 Å². The van der Waals surface area contributed by atoms with Gasteiger partial charge in [-0.1, -0.05) is 158 Å². The number of benzene rings is 10. The normalized spacial score (nSPS) is 11.9. The average molecular weight is 791 g/mol. The van der Waals surface area contributed by atoms with Crippen molar-refractivity contribution in [2.75, 3.05) is 0 Å². The van der Waals surface area contributed by atoms with E-state index >= 15 is 0 Å². The third-order valence-corrected chi connectivity index (χ3v) is 12.4. The Labute approximate surface area is 355 Å². The lowest BCUT2D eigenvalue weighted by Gasteiger charge is -2.17. The third kappa shape index (κ3) is 5.32. The van der Waals surface area contributed by atoms with Crippen LogP contribution in [-0.2, 0) is 0 Å². The first-order valence-corrected chi connectivity index (χ1v) is 20.9. The molecule has 0 bridgehead atoms. The van der Waals surface area contributed by atoms with Crippen molar-refractivity contribution in [2.24, 2.45) is 0 Å². The first kappa shape index (κ1) is 34.5. The first-order valence-electron chi connectivity index (χ1n) is 20.9. The maximum absolute atomic E-state index is 6.18. The van der Waals surface area contributed by atoms with Gasteiger partial charge in [0.05, 0.1) is 16.7 Å². The SMILES string of the molecule is c1ccc(-c2nc(-c3ccccc3)nc(-c3ccc4c5ccccc5c5c(-n6c7ccccc7c7cc(-c8ccc9oc%10ccccc%10c9c8)ccc76)cccc5c4c3)n2)cc1. The quantitative estimate of drug-likeness (QED) is 0.163. The minimum absolute atomic E-state index is 0.635. The Bertz CT molecular complexity index is 3870. The van der Waals surface area contributed by atoms with Crippen molar-refractivity contribution in [3.05, 3.63) is 206 Å². The topological polar surface area (TPSA) is 56.7 Å². The summed E-state index contributed by atoms with van der Waals surface area (Å²) in [5.41, 5.74) is 10.4. The van der Waals surface area contributed by atoms with E-state index in [4.69, 9.17) is 19.4 Å². The van der Waals surface area contributed by atoms with Crippen LogP contribution in [0.1, 0.15) is 0 Å². The molecule has 5 nitrogen and oxygen atoms in total. The summed E-state index contributed by atoms with van der Waals surface area (Å²) >= 11 is 0. The fourth-order valence-corrected chi connectivity index (χ4v) is 9.57. The molecule has 0 aliphatic rings. The van der Waals surface area contributed by atoms with Crippen LogP contribution in [0.3, 0.4) is 0 Å². The van der Waals surface area contributed by atoms with Crippen LogP contribution >= 0.6 is 0 Å². The van der Waals surface area contributed by atoms with Crippen LogP contribution in [0.15, 0.2) is 211 Å². The van der Waals surface area contributed by atoms with Gasteiger partial charge in [0.25, 0.3) is 0 Å². The zero-order valence-corrected chi connectivity index (χ0v) is 33.3. The lowest BCUT2D eigenvalue weighted by atomic mass is 9.92. The smallest absolute Gasteiger partial charge is 0.164 e. The number of hydrogen-bond acceptors (Lipinski definition) is 4. The Balaban J connectivity index is 1.03. The summed E-state index contributed by atoms with van der Waals surface area (Å²) in [6.45, 7) is 0. The van der Waals surface area contributed by atoms with Gasteiger partial charge in [-0.05, 0) is 86.6 Å². The Morgan fingerprint density at radius 3 is 1.55 bits per heavy atom. The number of aromatic nitrogens is 4. The monoisotopic (exact) mass is 790 g/mol. The molecule has 0 unspecified atom stereocenters. The molecule has 0 spiro atoms. The van der Waals surface area contributed by atoms with E-state index in [9.17, 15) is 0 Å². The van der Waals surface area contributed by atoms with Gasteiger partial charge in [0.2, 0.25) is 0 Å². The molecular weight excluding hydrogens is 757 g/mol. The molecule has 0 fully saturated rings. The number of furan rings is 1. The predicted octanol–water partition coefficient (Wildman–Crippen LogP) is 15.0. The molecule has 0 saturated heterocycles. The first-order chi connectivity index (χ1) is 30.7. The van der Waals surface area contributed by atoms with Gasteiger partial charge in [0.1, 0.15) is 11.2 Å². The van der Waals surface area contributed by atoms with Gasteiger partial charge in [-0.25, -0.2) is 15.0 Å². The molecule has 288 valence electrons. The van der Waals surface area contributed by atoms with Crippen molar-refractivity contribution in [3.63, 3.8) is 0 Å². The molecular formula is C57H34N4O. The average Bonchev–Trinajstić information content (AvgIpc) is 3.89. The largest absolute Gasteiger partial charge is 0.456 e. The molecule has 3 aromatic heterocycles. The zero-order valence-electron chi connectivity index (χ0n) is 33.3. The summed E-state index contributed by atoms with van der Waals surface area (Å²) in [5.74, 6) is 1.92. The Kier molecular flexibility index (Phi) is 7.54. The van der Waals surface area contributed by atoms with Crippen molar-refractivity contribution in [1.29, 1.82) is 0 Å². The number of hydrogen-bond donors (Lipinski definition) is 0. The van der Waals surface area contributed by atoms with Crippen LogP contribution in [0, 0.1) is 0 Å². The van der Waals surface area contributed by atoms with Crippen LogP contribution in [0.25, 0.3) is 127 Å². The van der Waals surface area contributed by atoms with Crippen LogP contribution in [0.4, 0.5) is 0 Å². The standard InChI is InChI=1S/C57H34N4O/c1-3-14-35(15-4-1)55-58-56(36-16-5-2-6-17-36)60-57(59-55)39-26-29-41-40-18-7-8-21-44(40)54-45(46(41)34-39)22-13-24-51(54)61-49-23-11-9-19-42(49)47-32-37(27-30-50(47)61)38-28-31-53-48(33-38)43-20-10-12-25-52(43)62-53/h1-34H. The molecule has 0 saturated carbocycles. The molecule has 0 radical (unpaired) electrons. The minimum atomic E-state index is 0.635. The minimum Gasteiger partial charge on any atom is -0.456 e. The fraction of sp³-hybridized carbons (Fsp3) is 0. The highest BCUT2D eigenvalue weighted by Crippen LogP contribution is 2.43. The summed E-state index contributed by atoms with van der Waals surface area (Å²) in [6.07, 6.45) is 0. The number of para-hydroxylation sites is 2. The molecule has 3 heterocycles. The van der Waals surface area contributed by atoms with Crippen molar-refractivity contribution in [1.82, 2.24) is 19.5 Å². The van der Waals surface area contributed by atoms with Gasteiger partial charge in [-0.15, -0.1) is 0 Å². The summed E-state index contributed by atoms with van der Waals surface area (Å²) in [7, 11) is 0. The molecule has 0 aliphatic heterocycles. The van der Waals surface area contributed by atoms with Gasteiger partial charge < -0.3 is 8.98 Å². The molecule has 0 atom stereocenters. The van der Waals surface area contributed by atoms with E-state index < -0.39 is 0 Å². The predicted molar refractivity (Wildman–Crippen MR) is 256 cm³/mol.